The van der Waals surface area contributed by atoms with Gasteiger partial charge in [0.2, 0.25) is 5.91 Å². The lowest BCUT2D eigenvalue weighted by Gasteiger charge is -2.21. The zero-order chi connectivity index (χ0) is 20.7. The fourth-order valence-electron chi connectivity index (χ4n) is 2.74. The number of carbonyl (C=O) groups is 3. The number of ether oxygens (including phenoxy) is 1. The summed E-state index contributed by atoms with van der Waals surface area (Å²) in [5.74, 6) is -1.44. The number of aryl methyl sites for hydroxylation is 2. The highest BCUT2D eigenvalue weighted by atomic mass is 16.5. The molecule has 0 aromatic heterocycles. The number of carbonyl (C=O) groups excluding carboxylic acids is 2. The number of amides is 2. The van der Waals surface area contributed by atoms with Gasteiger partial charge in [0.1, 0.15) is 12.3 Å². The highest BCUT2D eigenvalue weighted by Crippen LogP contribution is 2.20. The molecule has 0 bridgehead atoms. The summed E-state index contributed by atoms with van der Waals surface area (Å²) in [6.45, 7) is 5.37. The Morgan fingerprint density at radius 1 is 1.07 bits per heavy atom. The van der Waals surface area contributed by atoms with E-state index in [0.717, 1.165) is 16.8 Å². The third-order valence-electron chi connectivity index (χ3n) is 4.19. The Labute approximate surface area is 163 Å². The first-order valence-electron chi connectivity index (χ1n) is 8.91. The van der Waals surface area contributed by atoms with Crippen LogP contribution in [-0.4, -0.2) is 47.5 Å². The van der Waals surface area contributed by atoms with Crippen molar-refractivity contribution in [3.63, 3.8) is 0 Å². The number of benzene rings is 2. The molecule has 0 saturated carbocycles. The molecule has 0 aliphatic heterocycles. The van der Waals surface area contributed by atoms with E-state index < -0.39 is 12.6 Å². The third kappa shape index (κ3) is 5.57. The van der Waals surface area contributed by atoms with Gasteiger partial charge in [0.05, 0.1) is 0 Å². The molecule has 0 atom stereocenters. The van der Waals surface area contributed by atoms with Crippen LogP contribution >= 0.6 is 0 Å². The summed E-state index contributed by atoms with van der Waals surface area (Å²) in [5.41, 5.74) is 2.97. The predicted octanol–water partition coefficient (Wildman–Crippen LogP) is 2.87. The van der Waals surface area contributed by atoms with Crippen LogP contribution in [0, 0.1) is 13.8 Å². The van der Waals surface area contributed by atoms with Crippen LogP contribution in [0.1, 0.15) is 28.4 Å². The van der Waals surface area contributed by atoms with Crippen molar-refractivity contribution in [2.45, 2.75) is 20.8 Å². The van der Waals surface area contributed by atoms with Crippen molar-refractivity contribution in [3.05, 3.63) is 59.2 Å². The summed E-state index contributed by atoms with van der Waals surface area (Å²) in [6.07, 6.45) is 0. The van der Waals surface area contributed by atoms with Crippen molar-refractivity contribution in [1.82, 2.24) is 4.90 Å². The number of anilines is 1. The molecular weight excluding hydrogens is 360 g/mol. The topological polar surface area (TPSA) is 95.9 Å². The maximum absolute atomic E-state index is 12.8. The largest absolute Gasteiger partial charge is 0.482 e. The second kappa shape index (κ2) is 9.55. The number of rotatable bonds is 8. The van der Waals surface area contributed by atoms with E-state index in [1.807, 2.05) is 32.0 Å². The van der Waals surface area contributed by atoms with E-state index in [-0.39, 0.29) is 24.1 Å². The molecule has 0 unspecified atom stereocenters. The fraction of sp³-hybridized carbons (Fsp3) is 0.286. The first-order valence-corrected chi connectivity index (χ1v) is 8.91. The standard InChI is InChI=1S/C21H24N2O5/c1-4-23(12-18(24)22-20-14(2)7-5-8-15(20)3)21(27)16-9-6-10-17(11-16)28-13-19(25)26/h5-11H,4,12-13H2,1-3H3,(H,22,24)(H,25,26). The van der Waals surface area contributed by atoms with E-state index in [9.17, 15) is 14.4 Å². The van der Waals surface area contributed by atoms with Crippen molar-refractivity contribution in [2.24, 2.45) is 0 Å². The summed E-state index contributed by atoms with van der Waals surface area (Å²) < 4.78 is 5.11. The lowest BCUT2D eigenvalue weighted by Crippen LogP contribution is -2.38. The lowest BCUT2D eigenvalue weighted by atomic mass is 10.1. The van der Waals surface area contributed by atoms with Gasteiger partial charge in [-0.25, -0.2) is 4.79 Å². The van der Waals surface area contributed by atoms with Crippen molar-refractivity contribution >= 4 is 23.5 Å². The van der Waals surface area contributed by atoms with Gasteiger partial charge in [0.15, 0.2) is 6.61 Å². The minimum absolute atomic E-state index is 0.0939. The van der Waals surface area contributed by atoms with Crippen LogP contribution in [-0.2, 0) is 9.59 Å². The van der Waals surface area contributed by atoms with Crippen molar-refractivity contribution < 1.29 is 24.2 Å². The molecule has 2 rings (SSSR count). The van der Waals surface area contributed by atoms with Crippen LogP contribution in [0.5, 0.6) is 5.75 Å². The molecule has 148 valence electrons. The van der Waals surface area contributed by atoms with E-state index >= 15 is 0 Å². The first kappa shape index (κ1) is 21.0. The molecule has 2 amide bonds. The Bertz CT molecular complexity index is 859. The van der Waals surface area contributed by atoms with Gasteiger partial charge in [-0.1, -0.05) is 24.3 Å². The number of likely N-dealkylation sites (N-methyl/N-ethyl adjacent to an activating group) is 1. The Kier molecular flexibility index (Phi) is 7.14. The average Bonchev–Trinajstić information content (AvgIpc) is 2.67. The van der Waals surface area contributed by atoms with Crippen molar-refractivity contribution in [3.8, 4) is 5.75 Å². The molecule has 7 nitrogen and oxygen atoms in total. The SMILES string of the molecule is CCN(CC(=O)Nc1c(C)cccc1C)C(=O)c1cccc(OCC(=O)O)c1. The molecule has 7 heteroatoms. The maximum atomic E-state index is 12.8. The quantitative estimate of drug-likeness (QED) is 0.730. The molecule has 2 aromatic carbocycles. The molecule has 2 N–H and O–H groups in total. The van der Waals surface area contributed by atoms with Crippen LogP contribution in [0.15, 0.2) is 42.5 Å². The minimum Gasteiger partial charge on any atom is -0.482 e. The Balaban J connectivity index is 2.08. The summed E-state index contributed by atoms with van der Waals surface area (Å²) >= 11 is 0. The number of hydrogen-bond donors (Lipinski definition) is 2. The van der Waals surface area contributed by atoms with Gasteiger partial charge in [0, 0.05) is 17.8 Å². The Morgan fingerprint density at radius 3 is 2.32 bits per heavy atom. The van der Waals surface area contributed by atoms with Gasteiger partial charge in [-0.2, -0.15) is 0 Å². The second-order valence-corrected chi connectivity index (χ2v) is 6.34. The van der Waals surface area contributed by atoms with Gasteiger partial charge in [0.25, 0.3) is 5.91 Å². The fourth-order valence-corrected chi connectivity index (χ4v) is 2.74. The molecule has 0 spiro atoms. The van der Waals surface area contributed by atoms with Gasteiger partial charge < -0.3 is 20.1 Å². The molecule has 0 fully saturated rings. The zero-order valence-corrected chi connectivity index (χ0v) is 16.2. The number of hydrogen-bond acceptors (Lipinski definition) is 4. The number of aliphatic carboxylic acids is 1. The summed E-state index contributed by atoms with van der Waals surface area (Å²) in [6, 6.07) is 12.0. The first-order chi connectivity index (χ1) is 13.3. The summed E-state index contributed by atoms with van der Waals surface area (Å²) in [5, 5.41) is 11.6. The zero-order valence-electron chi connectivity index (χ0n) is 16.2. The Morgan fingerprint density at radius 2 is 1.71 bits per heavy atom. The molecule has 0 aliphatic carbocycles. The number of carboxylic acid groups (broad SMARTS) is 1. The maximum Gasteiger partial charge on any atom is 0.341 e. The van der Waals surface area contributed by atoms with Crippen molar-refractivity contribution in [1.29, 1.82) is 0 Å². The monoisotopic (exact) mass is 384 g/mol. The molecule has 28 heavy (non-hydrogen) atoms. The molecule has 2 aromatic rings. The smallest absolute Gasteiger partial charge is 0.341 e. The number of carboxylic acids is 1. The number of para-hydroxylation sites is 1. The van der Waals surface area contributed by atoms with Crippen molar-refractivity contribution in [2.75, 3.05) is 25.0 Å². The van der Waals surface area contributed by atoms with Crippen LogP contribution in [0.4, 0.5) is 5.69 Å². The average molecular weight is 384 g/mol. The second-order valence-electron chi connectivity index (χ2n) is 6.34. The molecule has 0 saturated heterocycles. The van der Waals surface area contributed by atoms with E-state index in [1.165, 1.54) is 11.0 Å². The molecule has 0 heterocycles. The predicted molar refractivity (Wildman–Crippen MR) is 106 cm³/mol. The van der Waals surface area contributed by atoms with E-state index in [1.54, 1.807) is 25.1 Å². The third-order valence-corrected chi connectivity index (χ3v) is 4.19. The molecule has 0 radical (unpaired) electrons. The lowest BCUT2D eigenvalue weighted by molar-refractivity contribution is -0.139. The normalized spacial score (nSPS) is 10.2. The number of nitrogens with one attached hydrogen (secondary N) is 1. The van der Waals surface area contributed by atoms with E-state index in [0.29, 0.717) is 12.1 Å². The molecular formula is C21H24N2O5. The van der Waals surface area contributed by atoms with Gasteiger partial charge in [-0.05, 0) is 50.1 Å². The number of nitrogens with zero attached hydrogens (tertiary/aromatic N) is 1. The summed E-state index contributed by atoms with van der Waals surface area (Å²) in [4.78, 5) is 37.3. The summed E-state index contributed by atoms with van der Waals surface area (Å²) in [7, 11) is 0. The van der Waals surface area contributed by atoms with Gasteiger partial charge in [-0.15, -0.1) is 0 Å². The molecule has 0 aliphatic rings. The van der Waals surface area contributed by atoms with Gasteiger partial charge >= 0.3 is 5.97 Å². The highest BCUT2D eigenvalue weighted by Gasteiger charge is 2.19. The minimum atomic E-state index is -1.10. The van der Waals surface area contributed by atoms with Crippen LogP contribution < -0.4 is 10.1 Å². The van der Waals surface area contributed by atoms with E-state index in [4.69, 9.17) is 9.84 Å². The van der Waals surface area contributed by atoms with E-state index in [2.05, 4.69) is 5.32 Å². The highest BCUT2D eigenvalue weighted by molar-refractivity contribution is 6.00. The van der Waals surface area contributed by atoms with Crippen LogP contribution in [0.2, 0.25) is 0 Å². The van der Waals surface area contributed by atoms with Crippen LogP contribution in [0.3, 0.4) is 0 Å². The van der Waals surface area contributed by atoms with Gasteiger partial charge in [-0.3, -0.25) is 9.59 Å². The Hall–Kier alpha value is -3.35. The van der Waals surface area contributed by atoms with Crippen LogP contribution in [0.25, 0.3) is 0 Å².